The maximum Gasteiger partial charge on any atom is 0.119 e. The third-order valence-electron chi connectivity index (χ3n) is 5.55. The number of pyridine rings is 1. The first-order valence-corrected chi connectivity index (χ1v) is 11.7. The molecule has 1 N–H and O–H groups in total. The Kier molecular flexibility index (Phi) is 9.52. The molecule has 3 heteroatoms. The highest BCUT2D eigenvalue weighted by Gasteiger charge is 2.00. The van der Waals surface area contributed by atoms with Gasteiger partial charge < -0.3 is 10.1 Å². The smallest absolute Gasteiger partial charge is 0.119 e. The minimum absolute atomic E-state index is 0.824. The van der Waals surface area contributed by atoms with E-state index in [1.54, 1.807) is 0 Å². The molecule has 30 heavy (non-hydrogen) atoms. The maximum atomic E-state index is 5.88. The summed E-state index contributed by atoms with van der Waals surface area (Å²) in [6.45, 7) is 4.08. The molecule has 160 valence electrons. The summed E-state index contributed by atoms with van der Waals surface area (Å²) in [6, 6.07) is 19.0. The maximum absolute atomic E-state index is 5.88. The number of aryl methyl sites for hydroxylation is 1. The van der Waals surface area contributed by atoms with Crippen LogP contribution in [0.4, 0.5) is 5.69 Å². The zero-order valence-electron chi connectivity index (χ0n) is 18.4. The standard InChI is InChI=1S/C27H36N2O/c1-2-3-12-23-15-17-24(18-16-23)30-22-11-7-5-4-6-10-20-28-27-19-21-29-26-14-9-8-13-25(26)27/h8-9,13-19,21H,2-7,10-12,20,22H2,1H3,(H,28,29). The summed E-state index contributed by atoms with van der Waals surface area (Å²) in [7, 11) is 0. The van der Waals surface area contributed by atoms with Crippen molar-refractivity contribution in [3.05, 3.63) is 66.4 Å². The van der Waals surface area contributed by atoms with Crippen molar-refractivity contribution >= 4 is 16.6 Å². The Morgan fingerprint density at radius 3 is 2.40 bits per heavy atom. The zero-order valence-corrected chi connectivity index (χ0v) is 18.4. The summed E-state index contributed by atoms with van der Waals surface area (Å²) in [5, 5.41) is 4.78. The van der Waals surface area contributed by atoms with Gasteiger partial charge >= 0.3 is 0 Å². The second-order valence-electron chi connectivity index (χ2n) is 8.02. The van der Waals surface area contributed by atoms with Crippen molar-refractivity contribution in [2.45, 2.75) is 64.7 Å². The molecule has 0 saturated heterocycles. The van der Waals surface area contributed by atoms with E-state index in [2.05, 4.69) is 65.8 Å². The lowest BCUT2D eigenvalue weighted by Crippen LogP contribution is -2.02. The van der Waals surface area contributed by atoms with Crippen LogP contribution in [0.3, 0.4) is 0 Å². The number of nitrogens with one attached hydrogen (secondary N) is 1. The van der Waals surface area contributed by atoms with Crippen LogP contribution in [-0.4, -0.2) is 18.1 Å². The molecule has 0 aliphatic heterocycles. The van der Waals surface area contributed by atoms with Crippen molar-refractivity contribution in [1.29, 1.82) is 0 Å². The van der Waals surface area contributed by atoms with Gasteiger partial charge in [-0.1, -0.05) is 69.4 Å². The molecule has 0 atom stereocenters. The average molecular weight is 405 g/mol. The SMILES string of the molecule is CCCCc1ccc(OCCCCCCCCNc2ccnc3ccccc23)cc1. The van der Waals surface area contributed by atoms with E-state index in [0.29, 0.717) is 0 Å². The number of benzene rings is 2. The molecule has 2 aromatic carbocycles. The normalized spacial score (nSPS) is 11.0. The predicted molar refractivity (Wildman–Crippen MR) is 128 cm³/mol. The highest BCUT2D eigenvalue weighted by molar-refractivity contribution is 5.90. The molecule has 0 saturated carbocycles. The topological polar surface area (TPSA) is 34.1 Å². The minimum atomic E-state index is 0.824. The summed E-state index contributed by atoms with van der Waals surface area (Å²) < 4.78 is 5.88. The van der Waals surface area contributed by atoms with Crippen LogP contribution in [0.2, 0.25) is 0 Å². The second-order valence-corrected chi connectivity index (χ2v) is 8.02. The summed E-state index contributed by atoms with van der Waals surface area (Å²) >= 11 is 0. The Hall–Kier alpha value is -2.55. The van der Waals surface area contributed by atoms with E-state index in [-0.39, 0.29) is 0 Å². The van der Waals surface area contributed by atoms with Gasteiger partial charge in [-0.25, -0.2) is 0 Å². The van der Waals surface area contributed by atoms with Gasteiger partial charge in [-0.3, -0.25) is 4.98 Å². The van der Waals surface area contributed by atoms with Crippen LogP contribution in [0.1, 0.15) is 63.9 Å². The van der Waals surface area contributed by atoms with Gasteiger partial charge in [0.05, 0.1) is 12.1 Å². The van der Waals surface area contributed by atoms with Crippen molar-refractivity contribution in [2.75, 3.05) is 18.5 Å². The van der Waals surface area contributed by atoms with Crippen LogP contribution in [0, 0.1) is 0 Å². The van der Waals surface area contributed by atoms with Gasteiger partial charge in [-0.15, -0.1) is 0 Å². The Labute approximate surface area is 181 Å². The highest BCUT2D eigenvalue weighted by Crippen LogP contribution is 2.21. The molecule has 0 radical (unpaired) electrons. The van der Waals surface area contributed by atoms with E-state index in [9.17, 15) is 0 Å². The molecule has 3 nitrogen and oxygen atoms in total. The summed E-state index contributed by atoms with van der Waals surface area (Å²) in [5.74, 6) is 1.00. The van der Waals surface area contributed by atoms with Crippen LogP contribution in [0.15, 0.2) is 60.8 Å². The van der Waals surface area contributed by atoms with E-state index in [1.165, 1.54) is 68.0 Å². The molecule has 0 bridgehead atoms. The quantitative estimate of drug-likeness (QED) is 0.284. The van der Waals surface area contributed by atoms with Crippen molar-refractivity contribution in [3.63, 3.8) is 0 Å². The van der Waals surface area contributed by atoms with Gasteiger partial charge in [0.15, 0.2) is 0 Å². The van der Waals surface area contributed by atoms with Gasteiger partial charge in [0.25, 0.3) is 0 Å². The van der Waals surface area contributed by atoms with Gasteiger partial charge in [-0.05, 0) is 55.5 Å². The molecule has 0 aliphatic rings. The number of aromatic nitrogens is 1. The van der Waals surface area contributed by atoms with E-state index < -0.39 is 0 Å². The summed E-state index contributed by atoms with van der Waals surface area (Å²) in [5.41, 5.74) is 3.66. The van der Waals surface area contributed by atoms with Crippen LogP contribution in [0.5, 0.6) is 5.75 Å². The molecule has 3 rings (SSSR count). The monoisotopic (exact) mass is 404 g/mol. The largest absolute Gasteiger partial charge is 0.494 e. The first-order chi connectivity index (χ1) is 14.9. The minimum Gasteiger partial charge on any atom is -0.494 e. The number of hydrogen-bond acceptors (Lipinski definition) is 3. The average Bonchev–Trinajstić information content (AvgIpc) is 2.79. The first kappa shape index (κ1) is 22.1. The zero-order chi connectivity index (χ0) is 20.9. The summed E-state index contributed by atoms with van der Waals surface area (Å²) in [6.07, 6.45) is 13.0. The van der Waals surface area contributed by atoms with Gasteiger partial charge in [0.2, 0.25) is 0 Å². The van der Waals surface area contributed by atoms with Crippen molar-refractivity contribution < 1.29 is 4.74 Å². The van der Waals surface area contributed by atoms with Crippen LogP contribution < -0.4 is 10.1 Å². The van der Waals surface area contributed by atoms with E-state index >= 15 is 0 Å². The van der Waals surface area contributed by atoms with Gasteiger partial charge in [0, 0.05) is 23.8 Å². The van der Waals surface area contributed by atoms with Crippen molar-refractivity contribution in [1.82, 2.24) is 4.98 Å². The van der Waals surface area contributed by atoms with E-state index in [0.717, 1.165) is 30.8 Å². The second kappa shape index (κ2) is 12.9. The third kappa shape index (κ3) is 7.37. The number of nitrogens with zero attached hydrogens (tertiary/aromatic N) is 1. The molecule has 0 amide bonds. The fraction of sp³-hybridized carbons (Fsp3) is 0.444. The predicted octanol–water partition coefficient (Wildman–Crippen LogP) is 7.41. The Morgan fingerprint density at radius 2 is 1.57 bits per heavy atom. The molecule has 0 spiro atoms. The molecule has 0 aliphatic carbocycles. The van der Waals surface area contributed by atoms with Gasteiger partial charge in [-0.2, -0.15) is 0 Å². The van der Waals surface area contributed by atoms with E-state index in [4.69, 9.17) is 4.74 Å². The third-order valence-corrected chi connectivity index (χ3v) is 5.55. The van der Waals surface area contributed by atoms with Crippen molar-refractivity contribution in [3.8, 4) is 5.75 Å². The molecule has 1 heterocycles. The van der Waals surface area contributed by atoms with Gasteiger partial charge in [0.1, 0.15) is 5.75 Å². The number of fused-ring (bicyclic) bond motifs is 1. The molecular formula is C27H36N2O. The van der Waals surface area contributed by atoms with Crippen LogP contribution in [-0.2, 0) is 6.42 Å². The number of hydrogen-bond donors (Lipinski definition) is 1. The molecule has 0 unspecified atom stereocenters. The van der Waals surface area contributed by atoms with Crippen molar-refractivity contribution in [2.24, 2.45) is 0 Å². The Morgan fingerprint density at radius 1 is 0.800 bits per heavy atom. The fourth-order valence-corrected chi connectivity index (χ4v) is 3.73. The molecular weight excluding hydrogens is 368 g/mol. The summed E-state index contributed by atoms with van der Waals surface area (Å²) in [4.78, 5) is 4.42. The number of para-hydroxylation sites is 1. The van der Waals surface area contributed by atoms with E-state index in [1.807, 2.05) is 12.3 Å². The number of rotatable bonds is 14. The number of anilines is 1. The lowest BCUT2D eigenvalue weighted by molar-refractivity contribution is 0.304. The Balaban J connectivity index is 1.20. The van der Waals surface area contributed by atoms with Crippen LogP contribution >= 0.6 is 0 Å². The highest BCUT2D eigenvalue weighted by atomic mass is 16.5. The Bertz CT molecular complexity index is 855. The number of ether oxygens (including phenoxy) is 1. The molecule has 3 aromatic rings. The molecule has 1 aromatic heterocycles. The lowest BCUT2D eigenvalue weighted by Gasteiger charge is -2.09. The fourth-order valence-electron chi connectivity index (χ4n) is 3.73. The lowest BCUT2D eigenvalue weighted by atomic mass is 10.1. The first-order valence-electron chi connectivity index (χ1n) is 11.7. The molecule has 0 fully saturated rings. The van der Waals surface area contributed by atoms with Crippen LogP contribution in [0.25, 0.3) is 10.9 Å². The number of unbranched alkanes of at least 4 members (excludes halogenated alkanes) is 6.